The van der Waals surface area contributed by atoms with Gasteiger partial charge in [0.25, 0.3) is 0 Å². The number of amides is 2. The molecule has 2 amide bonds. The van der Waals surface area contributed by atoms with Gasteiger partial charge in [-0.2, -0.15) is 0 Å². The first-order valence-corrected chi connectivity index (χ1v) is 10.4. The number of hydrogen-bond acceptors (Lipinski definition) is 4. The van der Waals surface area contributed by atoms with Gasteiger partial charge in [-0.1, -0.05) is 12.1 Å². The van der Waals surface area contributed by atoms with Gasteiger partial charge in [0.1, 0.15) is 18.1 Å². The van der Waals surface area contributed by atoms with E-state index in [2.05, 4.69) is 15.6 Å². The molecule has 0 radical (unpaired) electrons. The Morgan fingerprint density at radius 1 is 1.13 bits per heavy atom. The van der Waals surface area contributed by atoms with Crippen LogP contribution >= 0.6 is 0 Å². The van der Waals surface area contributed by atoms with Gasteiger partial charge in [-0.05, 0) is 56.2 Å². The third kappa shape index (κ3) is 4.79. The van der Waals surface area contributed by atoms with Gasteiger partial charge in [-0.3, -0.25) is 9.59 Å². The Kier molecular flexibility index (Phi) is 5.97. The van der Waals surface area contributed by atoms with Crippen LogP contribution in [0.4, 0.5) is 5.69 Å². The minimum absolute atomic E-state index is 0.117. The smallest absolute Gasteiger partial charge is 0.244 e. The summed E-state index contributed by atoms with van der Waals surface area (Å²) in [5.41, 5.74) is 2.46. The summed E-state index contributed by atoms with van der Waals surface area (Å²) < 4.78 is 7.35. The van der Waals surface area contributed by atoms with Crippen LogP contribution in [0.3, 0.4) is 0 Å². The molecule has 7 nitrogen and oxygen atoms in total. The lowest BCUT2D eigenvalue weighted by Crippen LogP contribution is -2.28. The second-order valence-corrected chi connectivity index (χ2v) is 7.42. The van der Waals surface area contributed by atoms with E-state index in [-0.39, 0.29) is 24.3 Å². The highest BCUT2D eigenvalue weighted by molar-refractivity contribution is 5.91. The van der Waals surface area contributed by atoms with Crippen molar-refractivity contribution in [2.45, 2.75) is 32.7 Å². The summed E-state index contributed by atoms with van der Waals surface area (Å²) in [5, 5.41) is 5.89. The standard InChI is InChI=1S/C23H26N4O3/c1-2-30-18-11-9-17(10-12-18)25-22(28)15-27-20-6-4-3-5-19(20)26-21(27)13-14-24-23(29)16-7-8-16/h3-6,9-12,16H,2,7-8,13-15H2,1H3,(H,24,29)(H,25,28). The largest absolute Gasteiger partial charge is 0.494 e. The second-order valence-electron chi connectivity index (χ2n) is 7.42. The second kappa shape index (κ2) is 8.98. The predicted octanol–water partition coefficient (Wildman–Crippen LogP) is 3.14. The van der Waals surface area contributed by atoms with Gasteiger partial charge in [0.2, 0.25) is 11.8 Å². The lowest BCUT2D eigenvalue weighted by atomic mass is 10.3. The van der Waals surface area contributed by atoms with E-state index in [1.54, 1.807) is 0 Å². The Morgan fingerprint density at radius 2 is 1.90 bits per heavy atom. The molecule has 3 aromatic rings. The van der Waals surface area contributed by atoms with Crippen molar-refractivity contribution in [3.63, 3.8) is 0 Å². The molecule has 156 valence electrons. The van der Waals surface area contributed by atoms with Crippen molar-refractivity contribution in [3.8, 4) is 5.75 Å². The zero-order valence-corrected chi connectivity index (χ0v) is 17.1. The molecule has 2 N–H and O–H groups in total. The van der Waals surface area contributed by atoms with Crippen molar-refractivity contribution in [1.29, 1.82) is 0 Å². The van der Waals surface area contributed by atoms with Crippen LogP contribution in [0, 0.1) is 5.92 Å². The number of nitrogens with one attached hydrogen (secondary N) is 2. The number of para-hydroxylation sites is 2. The topological polar surface area (TPSA) is 85.2 Å². The van der Waals surface area contributed by atoms with Gasteiger partial charge in [0.05, 0.1) is 17.6 Å². The van der Waals surface area contributed by atoms with Crippen molar-refractivity contribution in [2.24, 2.45) is 5.92 Å². The molecule has 0 atom stereocenters. The third-order valence-corrected chi connectivity index (χ3v) is 5.08. The Bertz CT molecular complexity index is 1040. The maximum atomic E-state index is 12.7. The molecule has 1 aromatic heterocycles. The van der Waals surface area contributed by atoms with Gasteiger partial charge in [-0.15, -0.1) is 0 Å². The highest BCUT2D eigenvalue weighted by atomic mass is 16.5. The number of ether oxygens (including phenoxy) is 1. The highest BCUT2D eigenvalue weighted by Gasteiger charge is 2.29. The van der Waals surface area contributed by atoms with E-state index in [0.717, 1.165) is 35.4 Å². The molecular weight excluding hydrogens is 380 g/mol. The summed E-state index contributed by atoms with van der Waals surface area (Å²) in [7, 11) is 0. The molecule has 7 heteroatoms. The van der Waals surface area contributed by atoms with E-state index in [4.69, 9.17) is 4.74 Å². The van der Waals surface area contributed by atoms with Gasteiger partial charge >= 0.3 is 0 Å². The molecule has 4 rings (SSSR count). The quantitative estimate of drug-likeness (QED) is 0.572. The molecule has 0 aliphatic heterocycles. The zero-order valence-electron chi connectivity index (χ0n) is 17.1. The Hall–Kier alpha value is -3.35. The van der Waals surface area contributed by atoms with Crippen LogP contribution in [0.5, 0.6) is 5.75 Å². The molecular formula is C23H26N4O3. The fraction of sp³-hybridized carbons (Fsp3) is 0.348. The first-order chi connectivity index (χ1) is 14.6. The predicted molar refractivity (Wildman–Crippen MR) is 115 cm³/mol. The lowest BCUT2D eigenvalue weighted by Gasteiger charge is -2.11. The Balaban J connectivity index is 1.44. The number of rotatable bonds is 9. The van der Waals surface area contributed by atoms with Crippen molar-refractivity contribution in [1.82, 2.24) is 14.9 Å². The molecule has 0 saturated heterocycles. The van der Waals surface area contributed by atoms with Crippen molar-refractivity contribution in [2.75, 3.05) is 18.5 Å². The third-order valence-electron chi connectivity index (χ3n) is 5.08. The maximum absolute atomic E-state index is 12.7. The van der Waals surface area contributed by atoms with Crippen LogP contribution in [-0.4, -0.2) is 34.5 Å². The molecule has 0 bridgehead atoms. The van der Waals surface area contributed by atoms with Crippen LogP contribution in [0.2, 0.25) is 0 Å². The Morgan fingerprint density at radius 3 is 2.63 bits per heavy atom. The number of hydrogen-bond donors (Lipinski definition) is 2. The normalized spacial score (nSPS) is 13.2. The van der Waals surface area contributed by atoms with E-state index in [1.807, 2.05) is 60.0 Å². The minimum Gasteiger partial charge on any atom is -0.494 e. The number of benzene rings is 2. The molecule has 1 saturated carbocycles. The summed E-state index contributed by atoms with van der Waals surface area (Å²) in [6.45, 7) is 3.20. The number of aromatic nitrogens is 2. The number of fused-ring (bicyclic) bond motifs is 1. The van der Waals surface area contributed by atoms with Crippen molar-refractivity contribution < 1.29 is 14.3 Å². The van der Waals surface area contributed by atoms with Crippen LogP contribution in [0.15, 0.2) is 48.5 Å². The van der Waals surface area contributed by atoms with E-state index < -0.39 is 0 Å². The molecule has 30 heavy (non-hydrogen) atoms. The van der Waals surface area contributed by atoms with Crippen molar-refractivity contribution in [3.05, 3.63) is 54.4 Å². The molecule has 1 aliphatic rings. The van der Waals surface area contributed by atoms with Crippen LogP contribution < -0.4 is 15.4 Å². The highest BCUT2D eigenvalue weighted by Crippen LogP contribution is 2.28. The van der Waals surface area contributed by atoms with E-state index >= 15 is 0 Å². The van der Waals surface area contributed by atoms with E-state index in [1.165, 1.54) is 0 Å². The molecule has 1 fully saturated rings. The molecule has 1 aliphatic carbocycles. The van der Waals surface area contributed by atoms with E-state index in [0.29, 0.717) is 25.3 Å². The van der Waals surface area contributed by atoms with Crippen molar-refractivity contribution >= 4 is 28.5 Å². The van der Waals surface area contributed by atoms with Crippen LogP contribution in [0.1, 0.15) is 25.6 Å². The number of carbonyl (C=O) groups is 2. The first-order valence-electron chi connectivity index (χ1n) is 10.4. The zero-order chi connectivity index (χ0) is 20.9. The molecule has 2 aromatic carbocycles. The fourth-order valence-electron chi connectivity index (χ4n) is 3.43. The summed E-state index contributed by atoms with van der Waals surface area (Å²) in [5.74, 6) is 1.72. The average molecular weight is 406 g/mol. The first kappa shape index (κ1) is 19.9. The monoisotopic (exact) mass is 406 g/mol. The minimum atomic E-state index is -0.134. The molecule has 0 unspecified atom stereocenters. The number of carbonyl (C=O) groups excluding carboxylic acids is 2. The number of nitrogens with zero attached hydrogens (tertiary/aromatic N) is 2. The summed E-state index contributed by atoms with van der Waals surface area (Å²) >= 11 is 0. The van der Waals surface area contributed by atoms with Gasteiger partial charge in [0.15, 0.2) is 0 Å². The van der Waals surface area contributed by atoms with Crippen LogP contribution in [-0.2, 0) is 22.6 Å². The summed E-state index contributed by atoms with van der Waals surface area (Å²) in [4.78, 5) is 29.3. The molecule has 1 heterocycles. The summed E-state index contributed by atoms with van der Waals surface area (Å²) in [6, 6.07) is 15.1. The van der Waals surface area contributed by atoms with Crippen LogP contribution in [0.25, 0.3) is 11.0 Å². The number of anilines is 1. The average Bonchev–Trinajstić information content (AvgIpc) is 3.54. The maximum Gasteiger partial charge on any atom is 0.244 e. The van der Waals surface area contributed by atoms with E-state index in [9.17, 15) is 9.59 Å². The van der Waals surface area contributed by atoms with Gasteiger partial charge in [-0.25, -0.2) is 4.98 Å². The molecule has 0 spiro atoms. The SMILES string of the molecule is CCOc1ccc(NC(=O)Cn2c(CCNC(=O)C3CC3)nc3ccccc32)cc1. The summed E-state index contributed by atoms with van der Waals surface area (Å²) in [6.07, 6.45) is 2.54. The number of imidazole rings is 1. The Labute approximate surface area is 175 Å². The van der Waals surface area contributed by atoms with Gasteiger partial charge < -0.3 is 19.9 Å². The lowest BCUT2D eigenvalue weighted by molar-refractivity contribution is -0.122. The fourth-order valence-corrected chi connectivity index (χ4v) is 3.43. The van der Waals surface area contributed by atoms with Gasteiger partial charge in [0, 0.05) is 24.6 Å².